The van der Waals surface area contributed by atoms with Crippen molar-refractivity contribution >= 4 is 5.91 Å². The highest BCUT2D eigenvalue weighted by atomic mass is 16.5. The first kappa shape index (κ1) is 13.7. The number of amides is 1. The van der Waals surface area contributed by atoms with Crippen LogP contribution in [0.2, 0.25) is 0 Å². The van der Waals surface area contributed by atoms with Crippen molar-refractivity contribution in [2.24, 2.45) is 0 Å². The summed E-state index contributed by atoms with van der Waals surface area (Å²) in [4.78, 5) is 11.8. The Morgan fingerprint density at radius 1 is 1.21 bits per heavy atom. The van der Waals surface area contributed by atoms with Gasteiger partial charge in [-0.25, -0.2) is 0 Å². The second-order valence-electron chi connectivity index (χ2n) is 5.80. The minimum absolute atomic E-state index is 0.139. The van der Waals surface area contributed by atoms with Gasteiger partial charge in [0.15, 0.2) is 0 Å². The van der Waals surface area contributed by atoms with Gasteiger partial charge in [0.1, 0.15) is 17.1 Å². The van der Waals surface area contributed by atoms with Gasteiger partial charge in [-0.1, -0.05) is 0 Å². The van der Waals surface area contributed by atoms with Crippen LogP contribution >= 0.6 is 0 Å². The molecule has 4 heteroatoms. The molecule has 0 bridgehead atoms. The molecule has 1 aliphatic rings. The van der Waals surface area contributed by atoms with Crippen molar-refractivity contribution in [2.45, 2.75) is 45.3 Å². The van der Waals surface area contributed by atoms with Gasteiger partial charge < -0.3 is 14.8 Å². The largest absolute Gasteiger partial charge is 0.490 e. The number of carbonyl (C=O) groups is 1. The molecule has 0 aliphatic heterocycles. The van der Waals surface area contributed by atoms with Gasteiger partial charge in [-0.3, -0.25) is 4.79 Å². The van der Waals surface area contributed by atoms with Gasteiger partial charge in [-0.2, -0.15) is 0 Å². The van der Waals surface area contributed by atoms with Gasteiger partial charge in [-0.15, -0.1) is 0 Å². The summed E-state index contributed by atoms with van der Waals surface area (Å²) in [6, 6.07) is 5.34. The second-order valence-corrected chi connectivity index (χ2v) is 5.80. The van der Waals surface area contributed by atoms with Crippen molar-refractivity contribution in [3.05, 3.63) is 23.8 Å². The van der Waals surface area contributed by atoms with E-state index in [4.69, 9.17) is 9.47 Å². The van der Waals surface area contributed by atoms with Crippen molar-refractivity contribution < 1.29 is 14.3 Å². The third-order valence-electron chi connectivity index (χ3n) is 2.62. The summed E-state index contributed by atoms with van der Waals surface area (Å²) >= 11 is 0. The molecule has 19 heavy (non-hydrogen) atoms. The molecule has 1 amide bonds. The minimum atomic E-state index is -0.307. The average molecular weight is 263 g/mol. The molecule has 0 heterocycles. The van der Waals surface area contributed by atoms with Crippen LogP contribution in [-0.2, 0) is 0 Å². The summed E-state index contributed by atoms with van der Waals surface area (Å²) in [5, 5.41) is 2.62. The fourth-order valence-electron chi connectivity index (χ4n) is 1.71. The smallest absolute Gasteiger partial charge is 0.251 e. The van der Waals surface area contributed by atoms with E-state index in [0.29, 0.717) is 23.2 Å². The maximum Gasteiger partial charge on any atom is 0.251 e. The summed E-state index contributed by atoms with van der Waals surface area (Å²) in [5.41, 5.74) is 0.248. The van der Waals surface area contributed by atoms with Gasteiger partial charge >= 0.3 is 0 Å². The highest BCUT2D eigenvalue weighted by Gasteiger charge is 2.24. The lowest BCUT2D eigenvalue weighted by atomic mass is 10.1. The molecular formula is C15H21NO3. The summed E-state index contributed by atoms with van der Waals surface area (Å²) in [6.07, 6.45) is 2.46. The van der Waals surface area contributed by atoms with Crippen molar-refractivity contribution in [3.63, 3.8) is 0 Å². The standard InChI is InChI=1S/C15H21NO3/c1-15(2,3)19-13-8-10(14(17)16-4)7-12(9-13)18-11-5-6-11/h7-9,11H,5-6H2,1-4H3,(H,16,17). The normalized spacial score (nSPS) is 14.9. The van der Waals surface area contributed by atoms with Gasteiger partial charge in [-0.05, 0) is 45.7 Å². The molecule has 104 valence electrons. The van der Waals surface area contributed by atoms with Crippen LogP contribution in [0.25, 0.3) is 0 Å². The molecule has 2 rings (SSSR count). The van der Waals surface area contributed by atoms with Gasteiger partial charge in [0.05, 0.1) is 6.10 Å². The number of nitrogens with one attached hydrogen (secondary N) is 1. The van der Waals surface area contributed by atoms with E-state index in [-0.39, 0.29) is 11.5 Å². The first-order valence-electron chi connectivity index (χ1n) is 6.60. The van der Waals surface area contributed by atoms with E-state index < -0.39 is 0 Å². The van der Waals surface area contributed by atoms with Crippen molar-refractivity contribution in [1.29, 1.82) is 0 Å². The molecule has 1 saturated carbocycles. The Labute approximate surface area is 114 Å². The summed E-state index contributed by atoms with van der Waals surface area (Å²) in [6.45, 7) is 5.92. The Hall–Kier alpha value is -1.71. The molecule has 1 aromatic carbocycles. The molecule has 1 fully saturated rings. The fraction of sp³-hybridized carbons (Fsp3) is 0.533. The molecule has 0 aromatic heterocycles. The molecular weight excluding hydrogens is 242 g/mol. The zero-order valence-electron chi connectivity index (χ0n) is 11.9. The van der Waals surface area contributed by atoms with E-state index in [0.717, 1.165) is 12.8 Å². The number of ether oxygens (including phenoxy) is 2. The number of hydrogen-bond acceptors (Lipinski definition) is 3. The zero-order valence-corrected chi connectivity index (χ0v) is 11.9. The SMILES string of the molecule is CNC(=O)c1cc(OC2CC2)cc(OC(C)(C)C)c1. The number of hydrogen-bond donors (Lipinski definition) is 1. The van der Waals surface area contributed by atoms with Gasteiger partial charge in [0.25, 0.3) is 5.91 Å². The van der Waals surface area contributed by atoms with Crippen molar-refractivity contribution in [2.75, 3.05) is 7.05 Å². The summed E-state index contributed by atoms with van der Waals surface area (Å²) in [5.74, 6) is 1.21. The van der Waals surface area contributed by atoms with Crippen LogP contribution in [0.15, 0.2) is 18.2 Å². The van der Waals surface area contributed by atoms with Crippen molar-refractivity contribution in [3.8, 4) is 11.5 Å². The molecule has 0 radical (unpaired) electrons. The van der Waals surface area contributed by atoms with E-state index in [1.165, 1.54) is 0 Å². The Morgan fingerprint density at radius 3 is 2.37 bits per heavy atom. The third-order valence-corrected chi connectivity index (χ3v) is 2.62. The Morgan fingerprint density at radius 2 is 1.84 bits per heavy atom. The maximum atomic E-state index is 11.8. The lowest BCUT2D eigenvalue weighted by Crippen LogP contribution is -2.23. The van der Waals surface area contributed by atoms with Crippen LogP contribution in [0, 0.1) is 0 Å². The van der Waals surface area contributed by atoms with Crippen LogP contribution in [0.4, 0.5) is 0 Å². The second kappa shape index (κ2) is 5.11. The summed E-state index contributed by atoms with van der Waals surface area (Å²) < 4.78 is 11.6. The van der Waals surface area contributed by atoms with Crippen LogP contribution in [0.3, 0.4) is 0 Å². The number of carbonyl (C=O) groups excluding carboxylic acids is 1. The van der Waals surface area contributed by atoms with Gasteiger partial charge in [0, 0.05) is 18.7 Å². The monoisotopic (exact) mass is 263 g/mol. The Kier molecular flexibility index (Phi) is 3.69. The van der Waals surface area contributed by atoms with Crippen LogP contribution in [0.5, 0.6) is 11.5 Å². The first-order chi connectivity index (χ1) is 8.87. The topological polar surface area (TPSA) is 47.6 Å². The molecule has 0 unspecified atom stereocenters. The Bertz CT molecular complexity index is 473. The number of benzene rings is 1. The van der Waals surface area contributed by atoms with E-state index in [1.54, 1.807) is 19.2 Å². The lowest BCUT2D eigenvalue weighted by Gasteiger charge is -2.22. The van der Waals surface area contributed by atoms with E-state index in [2.05, 4.69) is 5.32 Å². The first-order valence-corrected chi connectivity index (χ1v) is 6.60. The molecule has 1 aromatic rings. The predicted octanol–water partition coefficient (Wildman–Crippen LogP) is 2.76. The van der Waals surface area contributed by atoms with Crippen LogP contribution < -0.4 is 14.8 Å². The fourth-order valence-corrected chi connectivity index (χ4v) is 1.71. The van der Waals surface area contributed by atoms with Crippen molar-refractivity contribution in [1.82, 2.24) is 5.32 Å². The third kappa shape index (κ3) is 4.16. The molecule has 4 nitrogen and oxygen atoms in total. The minimum Gasteiger partial charge on any atom is -0.490 e. The molecule has 0 spiro atoms. The predicted molar refractivity (Wildman–Crippen MR) is 73.9 cm³/mol. The lowest BCUT2D eigenvalue weighted by molar-refractivity contribution is 0.0959. The zero-order chi connectivity index (χ0) is 14.0. The maximum absolute atomic E-state index is 11.8. The van der Waals surface area contributed by atoms with Gasteiger partial charge in [0.2, 0.25) is 0 Å². The summed E-state index contributed by atoms with van der Waals surface area (Å²) in [7, 11) is 1.61. The number of rotatable bonds is 4. The highest BCUT2D eigenvalue weighted by Crippen LogP contribution is 2.31. The highest BCUT2D eigenvalue weighted by molar-refractivity contribution is 5.94. The van der Waals surface area contributed by atoms with E-state index >= 15 is 0 Å². The molecule has 0 atom stereocenters. The van der Waals surface area contributed by atoms with Crippen LogP contribution in [0.1, 0.15) is 44.0 Å². The molecule has 0 saturated heterocycles. The average Bonchev–Trinajstić information content (AvgIpc) is 3.09. The molecule has 1 aliphatic carbocycles. The van der Waals surface area contributed by atoms with Crippen LogP contribution in [-0.4, -0.2) is 24.7 Å². The quantitative estimate of drug-likeness (QED) is 0.908. The Balaban J connectivity index is 2.27. The van der Waals surface area contributed by atoms with E-state index in [1.807, 2.05) is 26.8 Å². The molecule has 1 N–H and O–H groups in total. The van der Waals surface area contributed by atoms with E-state index in [9.17, 15) is 4.79 Å².